The Kier molecular flexibility index (Phi) is 4.83. The molecule has 0 bridgehead atoms. The molecule has 0 aliphatic rings. The van der Waals surface area contributed by atoms with E-state index in [1.54, 1.807) is 6.20 Å². The van der Waals surface area contributed by atoms with Gasteiger partial charge in [-0.25, -0.2) is 5.84 Å². The second-order valence-corrected chi connectivity index (χ2v) is 4.70. The molecule has 0 aliphatic carbocycles. The van der Waals surface area contributed by atoms with Gasteiger partial charge in [0.25, 0.3) is 0 Å². The smallest absolute Gasteiger partial charge is 0.323 e. The summed E-state index contributed by atoms with van der Waals surface area (Å²) in [4.78, 5) is 16.7. The molecule has 4 N–H and O–H groups in total. The highest BCUT2D eigenvalue weighted by Gasteiger charge is 2.12. The highest BCUT2D eigenvalue weighted by molar-refractivity contribution is 5.36. The Morgan fingerprint density at radius 2 is 1.86 bits per heavy atom. The van der Waals surface area contributed by atoms with Gasteiger partial charge in [-0.2, -0.15) is 15.0 Å². The molecule has 112 valence electrons. The molecule has 0 saturated heterocycles. The number of nitrogens with one attached hydrogen (secondary N) is 2. The lowest BCUT2D eigenvalue weighted by atomic mass is 10.2. The van der Waals surface area contributed by atoms with Crippen molar-refractivity contribution in [3.8, 4) is 6.01 Å². The van der Waals surface area contributed by atoms with Crippen LogP contribution >= 0.6 is 0 Å². The predicted molar refractivity (Wildman–Crippen MR) is 79.7 cm³/mol. The van der Waals surface area contributed by atoms with Crippen LogP contribution in [0.3, 0.4) is 0 Å². The number of rotatable bonds is 6. The van der Waals surface area contributed by atoms with Crippen LogP contribution in [0.2, 0.25) is 0 Å². The molecule has 2 rings (SSSR count). The first-order valence-corrected chi connectivity index (χ1v) is 6.65. The summed E-state index contributed by atoms with van der Waals surface area (Å²) in [7, 11) is 0. The number of nitrogens with two attached hydrogens (primary N) is 1. The van der Waals surface area contributed by atoms with Gasteiger partial charge in [0, 0.05) is 6.20 Å². The summed E-state index contributed by atoms with van der Waals surface area (Å²) in [5.41, 5.74) is 3.28. The van der Waals surface area contributed by atoms with Gasteiger partial charge >= 0.3 is 6.01 Å². The molecular formula is C13H19N7O. The Bertz CT molecular complexity index is 576. The van der Waals surface area contributed by atoms with Crippen LogP contribution in [0, 0.1) is 0 Å². The van der Waals surface area contributed by atoms with Gasteiger partial charge in [0.2, 0.25) is 11.9 Å². The minimum Gasteiger partial charge on any atom is -0.461 e. The fourth-order valence-electron chi connectivity index (χ4n) is 1.65. The number of anilines is 2. The molecule has 1 unspecified atom stereocenters. The van der Waals surface area contributed by atoms with E-state index in [1.165, 1.54) is 0 Å². The van der Waals surface area contributed by atoms with Crippen molar-refractivity contribution in [2.45, 2.75) is 32.9 Å². The van der Waals surface area contributed by atoms with Gasteiger partial charge in [-0.1, -0.05) is 6.07 Å². The first-order chi connectivity index (χ1) is 10.1. The minimum absolute atomic E-state index is 0.0425. The molecule has 2 heterocycles. The van der Waals surface area contributed by atoms with E-state index in [2.05, 4.69) is 30.7 Å². The molecule has 2 aromatic rings. The van der Waals surface area contributed by atoms with Gasteiger partial charge in [0.15, 0.2) is 0 Å². The second kappa shape index (κ2) is 6.80. The third-order valence-electron chi connectivity index (χ3n) is 2.56. The second-order valence-electron chi connectivity index (χ2n) is 4.70. The number of ether oxygens (including phenoxy) is 1. The normalized spacial score (nSPS) is 12.0. The Morgan fingerprint density at radius 1 is 1.10 bits per heavy atom. The van der Waals surface area contributed by atoms with Crippen molar-refractivity contribution in [2.75, 3.05) is 10.7 Å². The van der Waals surface area contributed by atoms with Gasteiger partial charge in [0.05, 0.1) is 17.8 Å². The van der Waals surface area contributed by atoms with Gasteiger partial charge in [-0.05, 0) is 32.9 Å². The molecule has 0 aliphatic heterocycles. The topological polar surface area (TPSA) is 111 Å². The minimum atomic E-state index is -0.0638. The predicted octanol–water partition coefficient (Wildman–Crippen LogP) is 1.51. The van der Waals surface area contributed by atoms with E-state index in [0.717, 1.165) is 5.69 Å². The third-order valence-corrected chi connectivity index (χ3v) is 2.56. The lowest BCUT2D eigenvalue weighted by Crippen LogP contribution is -2.17. The Balaban J connectivity index is 2.18. The number of hydrogen-bond acceptors (Lipinski definition) is 8. The van der Waals surface area contributed by atoms with E-state index >= 15 is 0 Å². The number of hydrogen-bond donors (Lipinski definition) is 3. The van der Waals surface area contributed by atoms with E-state index in [1.807, 2.05) is 39.0 Å². The standard InChI is InChI=1S/C13H19N7O/c1-8(2)21-13-18-11(17-12(19-13)20-14)16-9(3)10-6-4-5-7-15-10/h4-9H,14H2,1-3H3,(H2,16,17,18,19,20). The van der Waals surface area contributed by atoms with Gasteiger partial charge in [-0.3, -0.25) is 10.4 Å². The summed E-state index contributed by atoms with van der Waals surface area (Å²) in [6.45, 7) is 5.75. The monoisotopic (exact) mass is 289 g/mol. The average Bonchev–Trinajstić information content (AvgIpc) is 2.47. The maximum absolute atomic E-state index is 5.47. The molecule has 0 amide bonds. The molecule has 21 heavy (non-hydrogen) atoms. The zero-order valence-corrected chi connectivity index (χ0v) is 12.2. The zero-order valence-electron chi connectivity index (χ0n) is 12.2. The largest absolute Gasteiger partial charge is 0.461 e. The van der Waals surface area contributed by atoms with Crippen molar-refractivity contribution in [3.63, 3.8) is 0 Å². The quantitative estimate of drug-likeness (QED) is 0.542. The number of aromatic nitrogens is 4. The number of pyridine rings is 1. The molecule has 2 aromatic heterocycles. The number of hydrazine groups is 1. The highest BCUT2D eigenvalue weighted by atomic mass is 16.5. The van der Waals surface area contributed by atoms with Crippen LogP contribution in [-0.4, -0.2) is 26.0 Å². The van der Waals surface area contributed by atoms with Gasteiger partial charge < -0.3 is 10.1 Å². The van der Waals surface area contributed by atoms with Crippen LogP contribution in [0.15, 0.2) is 24.4 Å². The molecule has 0 aromatic carbocycles. The maximum atomic E-state index is 5.47. The molecule has 8 heteroatoms. The fraction of sp³-hybridized carbons (Fsp3) is 0.385. The maximum Gasteiger partial charge on any atom is 0.323 e. The molecule has 0 radical (unpaired) electrons. The van der Waals surface area contributed by atoms with Crippen molar-refractivity contribution < 1.29 is 4.74 Å². The van der Waals surface area contributed by atoms with Gasteiger partial charge in [0.1, 0.15) is 0 Å². The zero-order chi connectivity index (χ0) is 15.2. The molecule has 0 spiro atoms. The van der Waals surface area contributed by atoms with Crippen molar-refractivity contribution >= 4 is 11.9 Å². The van der Waals surface area contributed by atoms with Crippen LogP contribution in [0.5, 0.6) is 6.01 Å². The van der Waals surface area contributed by atoms with E-state index in [9.17, 15) is 0 Å². The van der Waals surface area contributed by atoms with E-state index in [0.29, 0.717) is 5.95 Å². The summed E-state index contributed by atoms with van der Waals surface area (Å²) in [5.74, 6) is 5.96. The molecule has 8 nitrogen and oxygen atoms in total. The molecule has 1 atom stereocenters. The van der Waals surface area contributed by atoms with Crippen LogP contribution in [0.4, 0.5) is 11.9 Å². The van der Waals surface area contributed by atoms with E-state index < -0.39 is 0 Å². The third kappa shape index (κ3) is 4.25. The molecular weight excluding hydrogens is 270 g/mol. The highest BCUT2D eigenvalue weighted by Crippen LogP contribution is 2.17. The Hall–Kier alpha value is -2.48. The van der Waals surface area contributed by atoms with Crippen LogP contribution in [0.1, 0.15) is 32.5 Å². The van der Waals surface area contributed by atoms with Crippen molar-refractivity contribution in [2.24, 2.45) is 5.84 Å². The summed E-state index contributed by atoms with van der Waals surface area (Å²) in [6.07, 6.45) is 1.69. The van der Waals surface area contributed by atoms with Crippen molar-refractivity contribution in [3.05, 3.63) is 30.1 Å². The van der Waals surface area contributed by atoms with Crippen LogP contribution < -0.4 is 21.3 Å². The lowest BCUT2D eigenvalue weighted by Gasteiger charge is -2.15. The van der Waals surface area contributed by atoms with E-state index in [-0.39, 0.29) is 24.1 Å². The fourth-order valence-corrected chi connectivity index (χ4v) is 1.65. The van der Waals surface area contributed by atoms with Gasteiger partial charge in [-0.15, -0.1) is 0 Å². The van der Waals surface area contributed by atoms with Crippen molar-refractivity contribution in [1.29, 1.82) is 0 Å². The Labute approximate surface area is 123 Å². The molecule has 0 fully saturated rings. The Morgan fingerprint density at radius 3 is 2.48 bits per heavy atom. The van der Waals surface area contributed by atoms with Crippen LogP contribution in [-0.2, 0) is 0 Å². The first kappa shape index (κ1) is 14.9. The lowest BCUT2D eigenvalue weighted by molar-refractivity contribution is 0.222. The first-order valence-electron chi connectivity index (χ1n) is 6.65. The van der Waals surface area contributed by atoms with E-state index in [4.69, 9.17) is 10.6 Å². The number of nitrogen functional groups attached to an aromatic ring is 1. The molecule has 0 saturated carbocycles. The summed E-state index contributed by atoms with van der Waals surface area (Å²) in [6, 6.07) is 5.86. The number of nitrogens with zero attached hydrogens (tertiary/aromatic N) is 4. The summed E-state index contributed by atoms with van der Waals surface area (Å²) >= 11 is 0. The van der Waals surface area contributed by atoms with Crippen molar-refractivity contribution in [1.82, 2.24) is 19.9 Å². The SMILES string of the molecule is CC(C)Oc1nc(NN)nc(NC(C)c2ccccn2)n1. The average molecular weight is 289 g/mol. The summed E-state index contributed by atoms with van der Waals surface area (Å²) in [5, 5.41) is 3.15. The van der Waals surface area contributed by atoms with Crippen LogP contribution in [0.25, 0.3) is 0 Å². The summed E-state index contributed by atoms with van der Waals surface area (Å²) < 4.78 is 5.47.